The van der Waals surface area contributed by atoms with Gasteiger partial charge in [0.1, 0.15) is 0 Å². The zero-order chi connectivity index (χ0) is 22.1. The van der Waals surface area contributed by atoms with E-state index in [1.807, 2.05) is 0 Å². The number of hydrogen-bond donors (Lipinski definition) is 0. The molecule has 3 rings (SSSR count). The highest BCUT2D eigenvalue weighted by molar-refractivity contribution is 7.91. The van der Waals surface area contributed by atoms with Crippen LogP contribution in [0.15, 0.2) is 23.1 Å². The fourth-order valence-corrected chi connectivity index (χ4v) is 6.84. The van der Waals surface area contributed by atoms with Gasteiger partial charge in [-0.05, 0) is 31.4 Å². The Morgan fingerprint density at radius 3 is 2.57 bits per heavy atom. The fraction of sp³-hybridized carbons (Fsp3) is 0.588. The Kier molecular flexibility index (Phi) is 6.34. The maximum Gasteiger partial charge on any atom is 0.312 e. The maximum atomic E-state index is 12.6. The predicted octanol–water partition coefficient (Wildman–Crippen LogP) is 0.404. The van der Waals surface area contributed by atoms with Crippen molar-refractivity contribution >= 4 is 31.5 Å². The van der Waals surface area contributed by atoms with Gasteiger partial charge in [-0.1, -0.05) is 0 Å². The van der Waals surface area contributed by atoms with Gasteiger partial charge in [-0.2, -0.15) is 4.31 Å². The van der Waals surface area contributed by atoms with Gasteiger partial charge >= 0.3 is 5.69 Å². The third-order valence-electron chi connectivity index (χ3n) is 5.33. The number of hydrogen-bond acceptors (Lipinski definition) is 8. The minimum Gasteiger partial charge on any atom is -0.477 e. The Hall–Kier alpha value is -2.25. The van der Waals surface area contributed by atoms with Gasteiger partial charge in [0.25, 0.3) is 5.91 Å². The Morgan fingerprint density at radius 1 is 1.33 bits per heavy atom. The van der Waals surface area contributed by atoms with E-state index >= 15 is 0 Å². The second kappa shape index (κ2) is 8.47. The number of carbonyl (C=O) groups is 1. The van der Waals surface area contributed by atoms with Crippen molar-refractivity contribution in [2.75, 3.05) is 38.2 Å². The highest BCUT2D eigenvalue weighted by atomic mass is 32.2. The summed E-state index contributed by atoms with van der Waals surface area (Å²) < 4.78 is 55.0. The lowest BCUT2D eigenvalue weighted by Gasteiger charge is -2.23. The van der Waals surface area contributed by atoms with Crippen molar-refractivity contribution in [1.29, 1.82) is 0 Å². The predicted molar refractivity (Wildman–Crippen MR) is 106 cm³/mol. The number of sulfonamides is 1. The molecule has 166 valence electrons. The molecule has 11 nitrogen and oxygen atoms in total. The number of nitro groups is 1. The molecule has 0 spiro atoms. The van der Waals surface area contributed by atoms with Gasteiger partial charge in [-0.3, -0.25) is 14.9 Å². The molecule has 0 aromatic heterocycles. The number of nitrogens with zero attached hydrogens (tertiary/aromatic N) is 3. The molecule has 13 heteroatoms. The van der Waals surface area contributed by atoms with Crippen molar-refractivity contribution in [2.24, 2.45) is 0 Å². The van der Waals surface area contributed by atoms with E-state index in [9.17, 15) is 31.7 Å². The smallest absolute Gasteiger partial charge is 0.312 e. The summed E-state index contributed by atoms with van der Waals surface area (Å²) in [6, 6.07) is 2.84. The summed E-state index contributed by atoms with van der Waals surface area (Å²) >= 11 is 0. The van der Waals surface area contributed by atoms with Crippen molar-refractivity contribution in [3.63, 3.8) is 0 Å². The lowest BCUT2D eigenvalue weighted by Crippen LogP contribution is -2.40. The van der Waals surface area contributed by atoms with Crippen LogP contribution in [-0.4, -0.2) is 81.2 Å². The topological polar surface area (TPSA) is 144 Å². The fourth-order valence-electron chi connectivity index (χ4n) is 3.53. The van der Waals surface area contributed by atoms with Gasteiger partial charge in [0.15, 0.2) is 22.2 Å². The van der Waals surface area contributed by atoms with E-state index in [4.69, 9.17) is 4.74 Å². The van der Waals surface area contributed by atoms with Gasteiger partial charge in [0.2, 0.25) is 10.0 Å². The molecule has 2 saturated heterocycles. The average molecular weight is 462 g/mol. The van der Waals surface area contributed by atoms with Gasteiger partial charge in [-0.25, -0.2) is 16.8 Å². The number of likely N-dealkylation sites (N-methyl/N-ethyl adjacent to an activating group) is 1. The quantitative estimate of drug-likeness (QED) is 0.419. The minimum atomic E-state index is -3.84. The Labute approximate surface area is 174 Å². The van der Waals surface area contributed by atoms with E-state index in [0.29, 0.717) is 19.5 Å². The van der Waals surface area contributed by atoms with Crippen LogP contribution in [0, 0.1) is 10.1 Å². The van der Waals surface area contributed by atoms with Crippen molar-refractivity contribution in [2.45, 2.75) is 30.2 Å². The van der Waals surface area contributed by atoms with Crippen LogP contribution >= 0.6 is 0 Å². The van der Waals surface area contributed by atoms with Crippen molar-refractivity contribution in [3.8, 4) is 5.75 Å². The molecule has 1 amide bonds. The number of carbonyl (C=O) groups excluding carboxylic acids is 1. The van der Waals surface area contributed by atoms with Crippen molar-refractivity contribution < 1.29 is 31.3 Å². The Bertz CT molecular complexity index is 1050. The van der Waals surface area contributed by atoms with E-state index < -0.39 is 49.0 Å². The molecular weight excluding hydrogens is 438 g/mol. The van der Waals surface area contributed by atoms with E-state index in [0.717, 1.165) is 25.0 Å². The zero-order valence-corrected chi connectivity index (χ0v) is 18.0. The molecular formula is C17H23N3O8S2. The third-order valence-corrected chi connectivity index (χ3v) is 8.98. The molecule has 1 unspecified atom stereocenters. The zero-order valence-electron chi connectivity index (χ0n) is 16.4. The number of amides is 1. The molecule has 0 N–H and O–H groups in total. The van der Waals surface area contributed by atoms with Crippen LogP contribution in [0.4, 0.5) is 5.69 Å². The molecule has 0 aliphatic carbocycles. The minimum absolute atomic E-state index is 0.00850. The first-order chi connectivity index (χ1) is 14.0. The van der Waals surface area contributed by atoms with Crippen LogP contribution in [-0.2, 0) is 24.7 Å². The summed E-state index contributed by atoms with van der Waals surface area (Å²) in [4.78, 5) is 24.1. The lowest BCUT2D eigenvalue weighted by molar-refractivity contribution is -0.386. The third kappa shape index (κ3) is 4.73. The second-order valence-corrected chi connectivity index (χ2v) is 11.5. The Morgan fingerprint density at radius 2 is 2.00 bits per heavy atom. The van der Waals surface area contributed by atoms with Crippen LogP contribution in [0.3, 0.4) is 0 Å². The second-order valence-electron chi connectivity index (χ2n) is 7.35. The maximum absolute atomic E-state index is 12.6. The molecule has 2 aliphatic heterocycles. The summed E-state index contributed by atoms with van der Waals surface area (Å²) in [6.07, 6.45) is 1.80. The standard InChI is InChI=1S/C17H23N3O8S2/c1-18(13-6-9-29(24,25)12-13)17(21)11-28-16-5-4-14(10-15(16)20(22)23)30(26,27)19-7-2-3-8-19/h4-5,10,13H,2-3,6-9,11-12H2,1H3. The molecule has 0 bridgehead atoms. The summed E-state index contributed by atoms with van der Waals surface area (Å²) in [5.41, 5.74) is -0.561. The van der Waals surface area contributed by atoms with Crippen LogP contribution in [0.1, 0.15) is 19.3 Å². The molecule has 2 aliphatic rings. The van der Waals surface area contributed by atoms with Gasteiger partial charge in [-0.15, -0.1) is 0 Å². The van der Waals surface area contributed by atoms with Crippen molar-refractivity contribution in [1.82, 2.24) is 9.21 Å². The number of nitro benzene ring substituents is 1. The van der Waals surface area contributed by atoms with Gasteiger partial charge in [0.05, 0.1) is 21.3 Å². The average Bonchev–Trinajstić information content (AvgIpc) is 3.35. The molecule has 1 atom stereocenters. The molecule has 1 aromatic rings. The first kappa shape index (κ1) is 22.4. The monoisotopic (exact) mass is 461 g/mol. The summed E-state index contributed by atoms with van der Waals surface area (Å²) in [5.74, 6) is -0.881. The largest absolute Gasteiger partial charge is 0.477 e. The van der Waals surface area contributed by atoms with Crippen LogP contribution in [0.5, 0.6) is 5.75 Å². The first-order valence-corrected chi connectivity index (χ1v) is 12.6. The van der Waals surface area contributed by atoms with E-state index in [1.165, 1.54) is 22.3 Å². The summed E-state index contributed by atoms with van der Waals surface area (Å²) in [6.45, 7) is 0.199. The molecule has 2 heterocycles. The molecule has 30 heavy (non-hydrogen) atoms. The van der Waals surface area contributed by atoms with Crippen LogP contribution in [0.2, 0.25) is 0 Å². The van der Waals surface area contributed by atoms with Crippen molar-refractivity contribution in [3.05, 3.63) is 28.3 Å². The van der Waals surface area contributed by atoms with Gasteiger partial charge in [0, 0.05) is 32.2 Å². The van der Waals surface area contributed by atoms with E-state index in [1.54, 1.807) is 0 Å². The SMILES string of the molecule is CN(C(=O)COc1ccc(S(=O)(=O)N2CCCC2)cc1[N+](=O)[O-])C1CCS(=O)(=O)C1. The Balaban J connectivity index is 1.73. The number of ether oxygens (including phenoxy) is 1. The highest BCUT2D eigenvalue weighted by Crippen LogP contribution is 2.32. The normalized spacial score (nSPS) is 21.4. The molecule has 0 radical (unpaired) electrons. The number of sulfone groups is 1. The summed E-state index contributed by atoms with van der Waals surface area (Å²) in [7, 11) is -5.55. The highest BCUT2D eigenvalue weighted by Gasteiger charge is 2.33. The molecule has 0 saturated carbocycles. The first-order valence-electron chi connectivity index (χ1n) is 9.39. The van der Waals surface area contributed by atoms with Crippen LogP contribution in [0.25, 0.3) is 0 Å². The van der Waals surface area contributed by atoms with E-state index in [2.05, 4.69) is 0 Å². The number of rotatable bonds is 7. The molecule has 2 fully saturated rings. The lowest BCUT2D eigenvalue weighted by atomic mass is 10.2. The number of benzene rings is 1. The summed E-state index contributed by atoms with van der Waals surface area (Å²) in [5, 5.41) is 11.4. The molecule has 1 aromatic carbocycles. The van der Waals surface area contributed by atoms with E-state index in [-0.39, 0.29) is 22.2 Å². The van der Waals surface area contributed by atoms with Gasteiger partial charge < -0.3 is 9.64 Å². The van der Waals surface area contributed by atoms with Crippen LogP contribution < -0.4 is 4.74 Å².